The first-order valence-electron chi connectivity index (χ1n) is 3.24. The minimum absolute atomic E-state index is 0.576. The van der Waals surface area contributed by atoms with Gasteiger partial charge in [-0.1, -0.05) is 34.1 Å². The average Bonchev–Trinajstić information content (AvgIpc) is 2.04. The summed E-state index contributed by atoms with van der Waals surface area (Å²) in [6.45, 7) is 0. The first-order chi connectivity index (χ1) is 5.63. The number of alkyl halides is 1. The smallest absolute Gasteiger partial charge is 0.326 e. The summed E-state index contributed by atoms with van der Waals surface area (Å²) in [4.78, 5) is 10.5. The topological polar surface area (TPSA) is 37.3 Å². The Hall–Kier alpha value is -0.540. The third kappa shape index (κ3) is 1.99. The van der Waals surface area contributed by atoms with E-state index >= 15 is 0 Å². The third-order valence-corrected chi connectivity index (χ3v) is 2.54. The van der Waals surface area contributed by atoms with Crippen LogP contribution in [0.5, 0.6) is 0 Å². The highest BCUT2D eigenvalue weighted by Crippen LogP contribution is 2.27. The molecule has 0 amide bonds. The summed E-state index contributed by atoms with van der Waals surface area (Å²) in [6, 6.07) is 6.99. The van der Waals surface area contributed by atoms with Crippen LogP contribution in [-0.4, -0.2) is 11.1 Å². The van der Waals surface area contributed by atoms with Crippen molar-refractivity contribution in [1.82, 2.24) is 0 Å². The molecule has 0 spiro atoms. The van der Waals surface area contributed by atoms with Gasteiger partial charge >= 0.3 is 5.97 Å². The molecule has 0 bridgehead atoms. The molecule has 1 aromatic rings. The van der Waals surface area contributed by atoms with Gasteiger partial charge in [-0.05, 0) is 11.6 Å². The summed E-state index contributed by atoms with van der Waals surface area (Å²) in [5.41, 5.74) is 0.576. The van der Waals surface area contributed by atoms with Gasteiger partial charge in [-0.15, -0.1) is 11.6 Å². The molecule has 64 valence electrons. The minimum atomic E-state index is -1.04. The molecule has 0 saturated heterocycles. The molecule has 12 heavy (non-hydrogen) atoms. The first-order valence-corrected chi connectivity index (χ1v) is 4.47. The van der Waals surface area contributed by atoms with Crippen LogP contribution in [0, 0.1) is 0 Å². The SMILES string of the molecule is O=C(O)[C@H](Cl)c1ccccc1Br. The molecular weight excluding hydrogens is 243 g/mol. The monoisotopic (exact) mass is 248 g/mol. The molecule has 2 nitrogen and oxygen atoms in total. The van der Waals surface area contributed by atoms with Gasteiger partial charge in [0.05, 0.1) is 0 Å². The molecule has 1 N–H and O–H groups in total. The van der Waals surface area contributed by atoms with Crippen molar-refractivity contribution in [2.45, 2.75) is 5.38 Å². The van der Waals surface area contributed by atoms with Gasteiger partial charge in [-0.25, -0.2) is 0 Å². The average molecular weight is 249 g/mol. The van der Waals surface area contributed by atoms with Gasteiger partial charge in [0.25, 0.3) is 0 Å². The Morgan fingerprint density at radius 3 is 2.58 bits per heavy atom. The zero-order chi connectivity index (χ0) is 9.14. The zero-order valence-electron chi connectivity index (χ0n) is 6.00. The Morgan fingerprint density at radius 2 is 2.08 bits per heavy atom. The van der Waals surface area contributed by atoms with E-state index in [1.807, 2.05) is 0 Å². The van der Waals surface area contributed by atoms with Gasteiger partial charge in [0, 0.05) is 4.47 Å². The number of rotatable bonds is 2. The van der Waals surface area contributed by atoms with E-state index < -0.39 is 11.3 Å². The molecule has 0 saturated carbocycles. The lowest BCUT2D eigenvalue weighted by atomic mass is 10.1. The molecule has 0 unspecified atom stereocenters. The number of hydrogen-bond acceptors (Lipinski definition) is 1. The van der Waals surface area contributed by atoms with Crippen LogP contribution in [-0.2, 0) is 4.79 Å². The van der Waals surface area contributed by atoms with Gasteiger partial charge in [0.15, 0.2) is 5.38 Å². The molecule has 0 fully saturated rings. The van der Waals surface area contributed by atoms with Gasteiger partial charge in [-0.3, -0.25) is 4.79 Å². The normalized spacial score (nSPS) is 12.5. The summed E-state index contributed by atoms with van der Waals surface area (Å²) in [5, 5.41) is 7.62. The van der Waals surface area contributed by atoms with Crippen molar-refractivity contribution in [3.05, 3.63) is 34.3 Å². The van der Waals surface area contributed by atoms with Crippen molar-refractivity contribution < 1.29 is 9.90 Å². The van der Waals surface area contributed by atoms with E-state index in [-0.39, 0.29) is 0 Å². The lowest BCUT2D eigenvalue weighted by molar-refractivity contribution is -0.136. The minimum Gasteiger partial charge on any atom is -0.480 e. The van der Waals surface area contributed by atoms with Crippen molar-refractivity contribution in [3.63, 3.8) is 0 Å². The van der Waals surface area contributed by atoms with Crippen molar-refractivity contribution >= 4 is 33.5 Å². The maximum atomic E-state index is 10.5. The fourth-order valence-corrected chi connectivity index (χ4v) is 1.65. The molecule has 0 radical (unpaired) electrons. The summed E-state index contributed by atoms with van der Waals surface area (Å²) in [6.07, 6.45) is 0. The van der Waals surface area contributed by atoms with Gasteiger partial charge < -0.3 is 5.11 Å². The molecule has 0 aliphatic carbocycles. The molecule has 1 atom stereocenters. The Bertz CT molecular complexity index is 301. The second-order valence-corrected chi connectivity index (χ2v) is 3.51. The van der Waals surface area contributed by atoms with Crippen LogP contribution in [0.25, 0.3) is 0 Å². The van der Waals surface area contributed by atoms with E-state index in [1.165, 1.54) is 0 Å². The van der Waals surface area contributed by atoms with E-state index in [2.05, 4.69) is 15.9 Å². The highest BCUT2D eigenvalue weighted by molar-refractivity contribution is 9.10. The van der Waals surface area contributed by atoms with Crippen LogP contribution in [0.1, 0.15) is 10.9 Å². The molecule has 0 aliphatic rings. The lowest BCUT2D eigenvalue weighted by Gasteiger charge is -2.05. The van der Waals surface area contributed by atoms with Crippen LogP contribution >= 0.6 is 27.5 Å². The Balaban J connectivity index is 3.02. The van der Waals surface area contributed by atoms with Crippen LogP contribution in [0.2, 0.25) is 0 Å². The molecular formula is C8H6BrClO2. The van der Waals surface area contributed by atoms with E-state index in [1.54, 1.807) is 24.3 Å². The standard InChI is InChI=1S/C8H6BrClO2/c9-6-4-2-1-3-5(6)7(10)8(11)12/h1-4,7H,(H,11,12)/t7-/m1/s1. The summed E-state index contributed by atoms with van der Waals surface area (Å²) >= 11 is 8.83. The molecule has 1 rings (SSSR count). The van der Waals surface area contributed by atoms with Crippen molar-refractivity contribution in [2.75, 3.05) is 0 Å². The van der Waals surface area contributed by atoms with Crippen LogP contribution in [0.4, 0.5) is 0 Å². The second kappa shape index (κ2) is 3.92. The molecule has 0 aromatic heterocycles. The van der Waals surface area contributed by atoms with Gasteiger partial charge in [-0.2, -0.15) is 0 Å². The van der Waals surface area contributed by atoms with Crippen LogP contribution in [0.3, 0.4) is 0 Å². The second-order valence-electron chi connectivity index (χ2n) is 2.22. The molecule has 0 aliphatic heterocycles. The quantitative estimate of drug-likeness (QED) is 0.818. The maximum Gasteiger partial charge on any atom is 0.326 e. The van der Waals surface area contributed by atoms with Crippen molar-refractivity contribution in [2.24, 2.45) is 0 Å². The van der Waals surface area contributed by atoms with Crippen molar-refractivity contribution in [3.8, 4) is 0 Å². The van der Waals surface area contributed by atoms with Crippen LogP contribution < -0.4 is 0 Å². The zero-order valence-corrected chi connectivity index (χ0v) is 8.34. The molecule has 0 heterocycles. The molecule has 1 aromatic carbocycles. The van der Waals surface area contributed by atoms with E-state index in [0.717, 1.165) is 0 Å². The first kappa shape index (κ1) is 9.55. The Morgan fingerprint density at radius 1 is 1.50 bits per heavy atom. The number of carboxylic acids is 1. The number of aliphatic carboxylic acids is 1. The maximum absolute atomic E-state index is 10.5. The van der Waals surface area contributed by atoms with Gasteiger partial charge in [0.1, 0.15) is 0 Å². The number of carbonyl (C=O) groups is 1. The predicted octanol–water partition coefficient (Wildman–Crippen LogP) is 2.81. The van der Waals surface area contributed by atoms with Crippen LogP contribution in [0.15, 0.2) is 28.7 Å². The number of carboxylic acid groups (broad SMARTS) is 1. The lowest BCUT2D eigenvalue weighted by Crippen LogP contribution is -2.05. The third-order valence-electron chi connectivity index (χ3n) is 1.40. The summed E-state index contributed by atoms with van der Waals surface area (Å²) in [7, 11) is 0. The van der Waals surface area contributed by atoms with E-state index in [4.69, 9.17) is 16.7 Å². The Kier molecular flexibility index (Phi) is 3.12. The van der Waals surface area contributed by atoms with Gasteiger partial charge in [0.2, 0.25) is 0 Å². The highest BCUT2D eigenvalue weighted by atomic mass is 79.9. The fourth-order valence-electron chi connectivity index (χ4n) is 0.814. The highest BCUT2D eigenvalue weighted by Gasteiger charge is 2.17. The number of benzene rings is 1. The van der Waals surface area contributed by atoms with Crippen molar-refractivity contribution in [1.29, 1.82) is 0 Å². The summed E-state index contributed by atoms with van der Waals surface area (Å²) in [5.74, 6) is -1.04. The largest absolute Gasteiger partial charge is 0.480 e. The van der Waals surface area contributed by atoms with E-state index in [9.17, 15) is 4.79 Å². The number of hydrogen-bond donors (Lipinski definition) is 1. The number of halogens is 2. The Labute approximate surface area is 83.3 Å². The fraction of sp³-hybridized carbons (Fsp3) is 0.125. The predicted molar refractivity (Wildman–Crippen MR) is 50.4 cm³/mol. The summed E-state index contributed by atoms with van der Waals surface area (Å²) < 4.78 is 0.715. The molecule has 4 heteroatoms. The van der Waals surface area contributed by atoms with E-state index in [0.29, 0.717) is 10.0 Å².